The van der Waals surface area contributed by atoms with Crippen LogP contribution in [0.1, 0.15) is 168 Å². The summed E-state index contributed by atoms with van der Waals surface area (Å²) in [5.74, 6) is -0.839. The van der Waals surface area contributed by atoms with Crippen LogP contribution in [0.2, 0.25) is 0 Å². The number of nitrogens with zero attached hydrogens (tertiary/aromatic N) is 1. The van der Waals surface area contributed by atoms with Crippen molar-refractivity contribution in [2.45, 2.75) is 174 Å². The van der Waals surface area contributed by atoms with Crippen LogP contribution in [0.3, 0.4) is 0 Å². The van der Waals surface area contributed by atoms with E-state index in [2.05, 4.69) is 62.5 Å². The molecule has 314 valence electrons. The molecule has 9 nitrogen and oxygen atoms in total. The van der Waals surface area contributed by atoms with Crippen LogP contribution in [0.15, 0.2) is 48.6 Å². The van der Waals surface area contributed by atoms with E-state index in [1.807, 2.05) is 21.1 Å². The smallest absolute Gasteiger partial charge is 0.462 e. The van der Waals surface area contributed by atoms with Crippen molar-refractivity contribution >= 4 is 19.8 Å². The molecule has 0 aliphatic carbocycles. The number of unbranched alkanes of at least 4 members (excludes halogenated alkanes) is 16. The molecule has 0 aromatic carbocycles. The number of rotatable bonds is 38. The van der Waals surface area contributed by atoms with Crippen LogP contribution >= 0.6 is 7.82 Å². The quantitative estimate of drug-likeness (QED) is 0.0217. The Morgan fingerprint density at radius 2 is 1.06 bits per heavy atom. The molecule has 54 heavy (non-hydrogen) atoms. The molecule has 0 saturated carbocycles. The first-order valence-electron chi connectivity index (χ1n) is 21.4. The predicted molar refractivity (Wildman–Crippen MR) is 224 cm³/mol. The van der Waals surface area contributed by atoms with E-state index >= 15 is 0 Å². The molecule has 0 bridgehead atoms. The number of hydrogen-bond donors (Lipinski definition) is 1. The van der Waals surface area contributed by atoms with Gasteiger partial charge in [0.2, 0.25) is 0 Å². The zero-order valence-corrected chi connectivity index (χ0v) is 36.1. The Morgan fingerprint density at radius 1 is 0.593 bits per heavy atom. The highest BCUT2D eigenvalue weighted by Crippen LogP contribution is 2.43. The molecule has 0 fully saturated rings. The largest absolute Gasteiger partial charge is 0.472 e. The Balaban J connectivity index is 4.43. The third kappa shape index (κ3) is 39.7. The van der Waals surface area contributed by atoms with Gasteiger partial charge in [-0.2, -0.15) is 0 Å². The van der Waals surface area contributed by atoms with E-state index in [0.717, 1.165) is 77.0 Å². The summed E-state index contributed by atoms with van der Waals surface area (Å²) < 4.78 is 34.2. The summed E-state index contributed by atoms with van der Waals surface area (Å²) in [7, 11) is 1.45. The van der Waals surface area contributed by atoms with Gasteiger partial charge in [-0.3, -0.25) is 18.6 Å². The second-order valence-electron chi connectivity index (χ2n) is 15.3. The molecule has 0 rings (SSSR count). The van der Waals surface area contributed by atoms with Gasteiger partial charge in [-0.05, 0) is 70.6 Å². The number of likely N-dealkylation sites (N-methyl/N-ethyl adjacent to an activating group) is 1. The molecule has 0 radical (unpaired) electrons. The lowest BCUT2D eigenvalue weighted by atomic mass is 10.1. The first kappa shape index (κ1) is 52.0. The third-order valence-corrected chi connectivity index (χ3v) is 9.83. The van der Waals surface area contributed by atoms with Gasteiger partial charge in [0.05, 0.1) is 27.7 Å². The average Bonchev–Trinajstić information content (AvgIpc) is 3.12. The fraction of sp³-hybridized carbons (Fsp3) is 0.773. The number of carbonyl (C=O) groups is 2. The fourth-order valence-electron chi connectivity index (χ4n) is 5.49. The molecule has 0 aromatic heterocycles. The van der Waals surface area contributed by atoms with Crippen LogP contribution in [-0.2, 0) is 32.7 Å². The van der Waals surface area contributed by atoms with E-state index in [4.69, 9.17) is 18.5 Å². The minimum absolute atomic E-state index is 0.0246. The summed E-state index contributed by atoms with van der Waals surface area (Å²) in [5.41, 5.74) is 0. The van der Waals surface area contributed by atoms with Crippen molar-refractivity contribution in [3.8, 4) is 0 Å². The molecule has 0 aliphatic rings. The number of phosphoric acid groups is 1. The Labute approximate surface area is 331 Å². The minimum atomic E-state index is -4.38. The van der Waals surface area contributed by atoms with Crippen molar-refractivity contribution in [3.63, 3.8) is 0 Å². The highest BCUT2D eigenvalue weighted by atomic mass is 31.2. The predicted octanol–water partition coefficient (Wildman–Crippen LogP) is 11.9. The fourth-order valence-corrected chi connectivity index (χ4v) is 6.23. The number of hydrogen-bond acceptors (Lipinski definition) is 7. The lowest BCUT2D eigenvalue weighted by Gasteiger charge is -2.24. The molecule has 0 aliphatic heterocycles. The minimum Gasteiger partial charge on any atom is -0.462 e. The van der Waals surface area contributed by atoms with E-state index < -0.39 is 26.5 Å². The second-order valence-corrected chi connectivity index (χ2v) is 16.8. The maximum Gasteiger partial charge on any atom is 0.472 e. The first-order valence-corrected chi connectivity index (χ1v) is 22.9. The molecule has 0 aromatic rings. The average molecular weight is 783 g/mol. The molecule has 0 spiro atoms. The lowest BCUT2D eigenvalue weighted by Crippen LogP contribution is -2.37. The lowest BCUT2D eigenvalue weighted by molar-refractivity contribution is -0.870. The summed E-state index contributed by atoms with van der Waals surface area (Å²) in [6.45, 7) is 4.26. The summed E-state index contributed by atoms with van der Waals surface area (Å²) in [6.07, 6.45) is 41.6. The second kappa shape index (κ2) is 36.6. The summed E-state index contributed by atoms with van der Waals surface area (Å²) >= 11 is 0. The zero-order valence-electron chi connectivity index (χ0n) is 35.2. The zero-order chi connectivity index (χ0) is 40.0. The van der Waals surface area contributed by atoms with E-state index in [1.165, 1.54) is 51.4 Å². The number of phosphoric ester groups is 1. The van der Waals surface area contributed by atoms with Crippen LogP contribution in [0, 0.1) is 0 Å². The monoisotopic (exact) mass is 783 g/mol. The van der Waals surface area contributed by atoms with E-state index in [-0.39, 0.29) is 32.0 Å². The molecule has 10 heteroatoms. The Kier molecular flexibility index (Phi) is 35.2. The molecular formula is C44H81NO8P+. The van der Waals surface area contributed by atoms with E-state index in [0.29, 0.717) is 23.9 Å². The van der Waals surface area contributed by atoms with Crippen LogP contribution < -0.4 is 0 Å². The number of allylic oxidation sites excluding steroid dienone is 8. The molecular weight excluding hydrogens is 701 g/mol. The van der Waals surface area contributed by atoms with Crippen molar-refractivity contribution in [1.29, 1.82) is 0 Å². The van der Waals surface area contributed by atoms with Crippen LogP contribution in [-0.4, -0.2) is 74.9 Å². The topological polar surface area (TPSA) is 108 Å². The van der Waals surface area contributed by atoms with Gasteiger partial charge in [0.1, 0.15) is 19.8 Å². The molecule has 1 unspecified atom stereocenters. The van der Waals surface area contributed by atoms with E-state index in [9.17, 15) is 19.0 Å². The highest BCUT2D eigenvalue weighted by molar-refractivity contribution is 7.47. The Hall–Kier alpha value is -2.03. The van der Waals surface area contributed by atoms with Gasteiger partial charge in [0, 0.05) is 12.8 Å². The normalized spacial score (nSPS) is 14.1. The summed E-state index contributed by atoms with van der Waals surface area (Å²) in [6, 6.07) is 0. The highest BCUT2D eigenvalue weighted by Gasteiger charge is 2.27. The van der Waals surface area contributed by atoms with Gasteiger partial charge < -0.3 is 18.9 Å². The van der Waals surface area contributed by atoms with Gasteiger partial charge in [0.25, 0.3) is 0 Å². The maximum absolute atomic E-state index is 12.7. The van der Waals surface area contributed by atoms with Crippen LogP contribution in [0.4, 0.5) is 0 Å². The van der Waals surface area contributed by atoms with Gasteiger partial charge in [-0.15, -0.1) is 0 Å². The van der Waals surface area contributed by atoms with Crippen LogP contribution in [0.25, 0.3) is 0 Å². The number of esters is 2. The maximum atomic E-state index is 12.7. The molecule has 2 atom stereocenters. The number of quaternary nitrogens is 1. The first-order chi connectivity index (χ1) is 26.0. The summed E-state index contributed by atoms with van der Waals surface area (Å²) in [4.78, 5) is 35.3. The molecule has 0 amide bonds. The molecule has 0 saturated heterocycles. The number of ether oxygens (including phenoxy) is 2. The van der Waals surface area contributed by atoms with Crippen molar-refractivity contribution in [1.82, 2.24) is 0 Å². The van der Waals surface area contributed by atoms with Gasteiger partial charge in [0.15, 0.2) is 6.10 Å². The van der Waals surface area contributed by atoms with Gasteiger partial charge >= 0.3 is 19.8 Å². The Bertz CT molecular complexity index is 1070. The van der Waals surface area contributed by atoms with Gasteiger partial charge in [-0.25, -0.2) is 4.57 Å². The van der Waals surface area contributed by atoms with Gasteiger partial charge in [-0.1, -0.05) is 133 Å². The van der Waals surface area contributed by atoms with Crippen molar-refractivity contribution in [3.05, 3.63) is 48.6 Å². The van der Waals surface area contributed by atoms with E-state index in [1.54, 1.807) is 0 Å². The summed E-state index contributed by atoms with van der Waals surface area (Å²) in [5, 5.41) is 0. The SMILES string of the molecule is CC/C=C/C/C=C/C/C=C/CCCCCCCC(=O)OC[C@H](COP(=O)(O)OCC[N+](C)(C)C)OC(=O)CCCCC/C=C/CCCCCCCCCC. The van der Waals surface area contributed by atoms with Crippen molar-refractivity contribution in [2.24, 2.45) is 0 Å². The standard InChI is InChI=1S/C44H80NO8P/c1-6-8-10-12-14-16-18-20-22-24-26-28-30-32-34-36-43(46)50-40-42(41-52-54(48,49)51-39-38-45(3,4)5)53-44(47)37-35-33-31-29-27-25-23-21-19-17-15-13-11-9-7-2/h8,10,14,16,20,22,25,27,42H,6-7,9,11-13,15,17-19,21,23-24,26,28-41H2,1-5H3/p+1/b10-8+,16-14+,22-20+,27-25+/t42-/m1/s1. The third-order valence-electron chi connectivity index (χ3n) is 8.84. The van der Waals surface area contributed by atoms with Crippen molar-refractivity contribution in [2.75, 3.05) is 47.5 Å². The number of carbonyl (C=O) groups excluding carboxylic acids is 2. The van der Waals surface area contributed by atoms with Crippen molar-refractivity contribution < 1.29 is 42.1 Å². The Morgan fingerprint density at radius 3 is 1.61 bits per heavy atom. The van der Waals surface area contributed by atoms with Crippen LogP contribution in [0.5, 0.6) is 0 Å². The molecule has 1 N–H and O–H groups in total. The molecule has 0 heterocycles.